The van der Waals surface area contributed by atoms with Gasteiger partial charge >= 0.3 is 0 Å². The van der Waals surface area contributed by atoms with Crippen molar-refractivity contribution < 1.29 is 8.42 Å². The quantitative estimate of drug-likeness (QED) is 0.612. The molecule has 0 aliphatic heterocycles. The zero-order chi connectivity index (χ0) is 19.7. The molecule has 1 N–H and O–H groups in total. The number of sulfonamides is 1. The number of fused-ring (bicyclic) bond motifs is 1. The number of pyridine rings is 1. The van der Waals surface area contributed by atoms with Gasteiger partial charge < -0.3 is 0 Å². The second-order valence-electron chi connectivity index (χ2n) is 7.20. The number of rotatable bonds is 6. The second kappa shape index (κ2) is 7.34. The van der Waals surface area contributed by atoms with Gasteiger partial charge in [0.05, 0.1) is 18.4 Å². The summed E-state index contributed by atoms with van der Waals surface area (Å²) in [4.78, 5) is 7.86. The third-order valence-corrected chi connectivity index (χ3v) is 6.56. The van der Waals surface area contributed by atoms with Gasteiger partial charge in [0.15, 0.2) is 5.69 Å². The SMILES string of the molecule is [C-]#[N+]c1ccc2cc(-c3cncc(C(NS(=O)(=O)CC)C4CC4)c3)ccc2c1. The summed E-state index contributed by atoms with van der Waals surface area (Å²) in [6.07, 6.45) is 5.62. The summed E-state index contributed by atoms with van der Waals surface area (Å²) >= 11 is 0. The first kappa shape index (κ1) is 18.6. The van der Waals surface area contributed by atoms with E-state index in [1.54, 1.807) is 19.3 Å². The zero-order valence-electron chi connectivity index (χ0n) is 15.6. The van der Waals surface area contributed by atoms with E-state index < -0.39 is 10.0 Å². The van der Waals surface area contributed by atoms with Crippen molar-refractivity contribution in [3.63, 3.8) is 0 Å². The van der Waals surface area contributed by atoms with Crippen LogP contribution in [0, 0.1) is 12.5 Å². The number of aromatic nitrogens is 1. The third-order valence-electron chi connectivity index (χ3n) is 5.18. The minimum absolute atomic E-state index is 0.0700. The lowest BCUT2D eigenvalue weighted by Crippen LogP contribution is -2.31. The molecule has 1 saturated carbocycles. The van der Waals surface area contributed by atoms with E-state index in [1.165, 1.54) is 0 Å². The molecule has 1 heterocycles. The van der Waals surface area contributed by atoms with Gasteiger partial charge in [-0.3, -0.25) is 4.98 Å². The molecule has 0 amide bonds. The minimum Gasteiger partial charge on any atom is -0.264 e. The Morgan fingerprint density at radius 3 is 2.57 bits per heavy atom. The molecule has 1 aromatic heterocycles. The normalized spacial score (nSPS) is 15.3. The minimum atomic E-state index is -3.29. The summed E-state index contributed by atoms with van der Waals surface area (Å²) in [6.45, 7) is 8.79. The summed E-state index contributed by atoms with van der Waals surface area (Å²) in [5, 5.41) is 2.08. The van der Waals surface area contributed by atoms with Gasteiger partial charge in [-0.25, -0.2) is 18.0 Å². The van der Waals surface area contributed by atoms with Crippen LogP contribution in [-0.4, -0.2) is 19.2 Å². The summed E-state index contributed by atoms with van der Waals surface area (Å²) in [5.74, 6) is 0.405. The molecule has 142 valence electrons. The van der Waals surface area contributed by atoms with Crippen LogP contribution in [0.2, 0.25) is 0 Å². The number of benzene rings is 2. The molecule has 1 unspecified atom stereocenters. The van der Waals surface area contributed by atoms with E-state index in [2.05, 4.69) is 20.6 Å². The highest BCUT2D eigenvalue weighted by atomic mass is 32.2. The topological polar surface area (TPSA) is 63.4 Å². The molecule has 1 aliphatic carbocycles. The van der Waals surface area contributed by atoms with Gasteiger partial charge in [-0.05, 0) is 65.8 Å². The molecule has 0 bridgehead atoms. The third kappa shape index (κ3) is 3.91. The Hall–Kier alpha value is -2.75. The standard InChI is InChI=1S/C22H21N3O2S/c1-3-28(26,27)25-22(15-4-5-15)20-11-19(13-24-14-20)17-6-7-18-12-21(23-2)9-8-16(18)10-17/h6-15,22,25H,3-5H2,1H3. The van der Waals surface area contributed by atoms with Crippen LogP contribution in [0.15, 0.2) is 54.9 Å². The van der Waals surface area contributed by atoms with Gasteiger partial charge in [-0.15, -0.1) is 0 Å². The van der Waals surface area contributed by atoms with Gasteiger partial charge in [0.1, 0.15) is 0 Å². The molecule has 0 radical (unpaired) electrons. The van der Waals surface area contributed by atoms with Crippen LogP contribution in [0.3, 0.4) is 0 Å². The zero-order valence-corrected chi connectivity index (χ0v) is 16.4. The lowest BCUT2D eigenvalue weighted by Gasteiger charge is -2.19. The first-order chi connectivity index (χ1) is 13.5. The van der Waals surface area contributed by atoms with Crippen LogP contribution >= 0.6 is 0 Å². The van der Waals surface area contributed by atoms with E-state index in [0.717, 1.165) is 40.3 Å². The maximum Gasteiger partial charge on any atom is 0.211 e. The second-order valence-corrected chi connectivity index (χ2v) is 9.24. The van der Waals surface area contributed by atoms with Crippen molar-refractivity contribution in [1.29, 1.82) is 0 Å². The average molecular weight is 391 g/mol. The lowest BCUT2D eigenvalue weighted by atomic mass is 9.98. The molecule has 28 heavy (non-hydrogen) atoms. The van der Waals surface area contributed by atoms with Crippen LogP contribution < -0.4 is 4.72 Å². The van der Waals surface area contributed by atoms with Crippen molar-refractivity contribution in [2.75, 3.05) is 5.75 Å². The highest BCUT2D eigenvalue weighted by molar-refractivity contribution is 7.89. The highest BCUT2D eigenvalue weighted by Crippen LogP contribution is 2.42. The van der Waals surface area contributed by atoms with E-state index in [4.69, 9.17) is 6.57 Å². The average Bonchev–Trinajstić information content (AvgIpc) is 3.56. The summed E-state index contributed by atoms with van der Waals surface area (Å²) < 4.78 is 27.1. The number of nitrogens with one attached hydrogen (secondary N) is 1. The first-order valence-electron chi connectivity index (χ1n) is 9.35. The van der Waals surface area contributed by atoms with Crippen LogP contribution in [0.5, 0.6) is 0 Å². The molecular weight excluding hydrogens is 370 g/mol. The fraction of sp³-hybridized carbons (Fsp3) is 0.273. The number of hydrogen-bond acceptors (Lipinski definition) is 3. The van der Waals surface area contributed by atoms with Gasteiger partial charge in [-0.2, -0.15) is 0 Å². The van der Waals surface area contributed by atoms with E-state index in [1.807, 2.05) is 36.4 Å². The highest BCUT2D eigenvalue weighted by Gasteiger charge is 2.35. The van der Waals surface area contributed by atoms with Crippen LogP contribution in [0.25, 0.3) is 26.7 Å². The molecular formula is C22H21N3O2S. The molecule has 0 spiro atoms. The summed E-state index contributed by atoms with van der Waals surface area (Å²) in [7, 11) is -3.29. The van der Waals surface area contributed by atoms with Gasteiger partial charge in [-0.1, -0.05) is 24.3 Å². The van der Waals surface area contributed by atoms with E-state index in [-0.39, 0.29) is 11.8 Å². The van der Waals surface area contributed by atoms with Crippen LogP contribution in [0.1, 0.15) is 31.4 Å². The fourth-order valence-electron chi connectivity index (χ4n) is 3.41. The fourth-order valence-corrected chi connectivity index (χ4v) is 4.29. The smallest absolute Gasteiger partial charge is 0.211 e. The largest absolute Gasteiger partial charge is 0.264 e. The Balaban J connectivity index is 1.70. The Bertz CT molecular complexity index is 1180. The van der Waals surface area contributed by atoms with E-state index in [9.17, 15) is 8.42 Å². The Morgan fingerprint density at radius 2 is 1.86 bits per heavy atom. The van der Waals surface area contributed by atoms with Gasteiger partial charge in [0.2, 0.25) is 10.0 Å². The summed E-state index contributed by atoms with van der Waals surface area (Å²) in [6, 6.07) is 13.5. The van der Waals surface area contributed by atoms with Crippen molar-refractivity contribution >= 4 is 26.5 Å². The number of hydrogen-bond donors (Lipinski definition) is 1. The Morgan fingerprint density at radius 1 is 1.11 bits per heavy atom. The molecule has 0 saturated heterocycles. The monoisotopic (exact) mass is 391 g/mol. The molecule has 3 aromatic rings. The van der Waals surface area contributed by atoms with Crippen molar-refractivity contribution in [1.82, 2.24) is 9.71 Å². The molecule has 1 fully saturated rings. The molecule has 4 rings (SSSR count). The van der Waals surface area contributed by atoms with Gasteiger partial charge in [0.25, 0.3) is 0 Å². The van der Waals surface area contributed by atoms with Gasteiger partial charge in [0, 0.05) is 18.0 Å². The number of nitrogens with zero attached hydrogens (tertiary/aromatic N) is 2. The molecule has 2 aromatic carbocycles. The van der Waals surface area contributed by atoms with Crippen LogP contribution in [0.4, 0.5) is 5.69 Å². The lowest BCUT2D eigenvalue weighted by molar-refractivity contribution is 0.529. The Kier molecular flexibility index (Phi) is 4.88. The molecule has 1 aliphatic rings. The Labute approximate surface area is 165 Å². The predicted molar refractivity (Wildman–Crippen MR) is 112 cm³/mol. The van der Waals surface area contributed by atoms with Crippen LogP contribution in [-0.2, 0) is 10.0 Å². The summed E-state index contributed by atoms with van der Waals surface area (Å²) in [5.41, 5.74) is 3.50. The maximum absolute atomic E-state index is 12.1. The first-order valence-corrected chi connectivity index (χ1v) is 11.0. The van der Waals surface area contributed by atoms with Crippen molar-refractivity contribution in [2.45, 2.75) is 25.8 Å². The van der Waals surface area contributed by atoms with Crippen molar-refractivity contribution in [3.8, 4) is 11.1 Å². The van der Waals surface area contributed by atoms with Crippen molar-refractivity contribution in [3.05, 3.63) is 71.8 Å². The van der Waals surface area contributed by atoms with Crippen molar-refractivity contribution in [2.24, 2.45) is 5.92 Å². The molecule has 5 nitrogen and oxygen atoms in total. The van der Waals surface area contributed by atoms with E-state index in [0.29, 0.717) is 11.6 Å². The molecule has 6 heteroatoms. The van der Waals surface area contributed by atoms with E-state index >= 15 is 0 Å². The molecule has 1 atom stereocenters. The predicted octanol–water partition coefficient (Wildman–Crippen LogP) is 4.84. The maximum atomic E-state index is 12.1.